The summed E-state index contributed by atoms with van der Waals surface area (Å²) in [6, 6.07) is 11.6. The first-order valence-electron chi connectivity index (χ1n) is 7.81. The molecule has 0 saturated heterocycles. The molecule has 134 valence electrons. The predicted molar refractivity (Wildman–Crippen MR) is 89.2 cm³/mol. The van der Waals surface area contributed by atoms with Gasteiger partial charge in [0.15, 0.2) is 0 Å². The zero-order chi connectivity index (χ0) is 18.2. The summed E-state index contributed by atoms with van der Waals surface area (Å²) in [5, 5.41) is 24.4. The summed E-state index contributed by atoms with van der Waals surface area (Å²) in [5.74, 6) is -1.35. The molecule has 2 atom stereocenters. The van der Waals surface area contributed by atoms with Crippen molar-refractivity contribution in [2.75, 3.05) is 6.54 Å². The minimum Gasteiger partial charge on any atom is -0.465 e. The van der Waals surface area contributed by atoms with Gasteiger partial charge in [-0.3, -0.25) is 0 Å². The second-order valence-electron chi connectivity index (χ2n) is 5.72. The van der Waals surface area contributed by atoms with E-state index in [1.807, 2.05) is 30.3 Å². The number of aliphatic hydroxyl groups excluding tert-OH is 1. The highest BCUT2D eigenvalue weighted by molar-refractivity contribution is 5.65. The Hall–Kier alpha value is -2.51. The molecule has 0 bridgehead atoms. The first-order chi connectivity index (χ1) is 11.9. The van der Waals surface area contributed by atoms with Crippen LogP contribution in [0.25, 0.3) is 0 Å². The van der Waals surface area contributed by atoms with Crippen molar-refractivity contribution in [3.63, 3.8) is 0 Å². The van der Waals surface area contributed by atoms with Crippen molar-refractivity contribution in [1.29, 1.82) is 0 Å². The Labute approximate surface area is 144 Å². The molecular weight excluding hydrogens is 330 g/mol. The van der Waals surface area contributed by atoms with E-state index in [0.29, 0.717) is 12.0 Å². The normalized spacial score (nSPS) is 13.2. The third-order valence-electron chi connectivity index (χ3n) is 3.68. The Morgan fingerprint density at radius 3 is 2.28 bits per heavy atom. The van der Waals surface area contributed by atoms with Crippen LogP contribution in [0.4, 0.5) is 13.6 Å². The zero-order valence-corrected chi connectivity index (χ0v) is 13.5. The summed E-state index contributed by atoms with van der Waals surface area (Å²) < 4.78 is 26.3. The summed E-state index contributed by atoms with van der Waals surface area (Å²) in [7, 11) is 0. The van der Waals surface area contributed by atoms with Gasteiger partial charge in [0.05, 0.1) is 12.1 Å². The maximum absolute atomic E-state index is 13.1. The summed E-state index contributed by atoms with van der Waals surface area (Å²) in [6.45, 7) is 0.215. The molecule has 2 rings (SSSR count). The van der Waals surface area contributed by atoms with Gasteiger partial charge in [-0.2, -0.15) is 0 Å². The van der Waals surface area contributed by atoms with Crippen LogP contribution in [-0.4, -0.2) is 35.0 Å². The summed E-state index contributed by atoms with van der Waals surface area (Å²) >= 11 is 0. The monoisotopic (exact) mass is 350 g/mol. The van der Waals surface area contributed by atoms with Crippen molar-refractivity contribution in [2.24, 2.45) is 0 Å². The van der Waals surface area contributed by atoms with Gasteiger partial charge in [-0.15, -0.1) is 0 Å². The second-order valence-corrected chi connectivity index (χ2v) is 5.72. The minimum absolute atomic E-state index is 0.0654. The molecule has 0 aliphatic heterocycles. The average Bonchev–Trinajstić information content (AvgIpc) is 2.54. The van der Waals surface area contributed by atoms with Gasteiger partial charge in [0.2, 0.25) is 0 Å². The van der Waals surface area contributed by atoms with Gasteiger partial charge in [0.1, 0.15) is 11.6 Å². The lowest BCUT2D eigenvalue weighted by molar-refractivity contribution is 0.117. The van der Waals surface area contributed by atoms with E-state index < -0.39 is 29.9 Å². The van der Waals surface area contributed by atoms with Crippen LogP contribution in [0.5, 0.6) is 0 Å². The predicted octanol–water partition coefficient (Wildman–Crippen LogP) is 2.29. The van der Waals surface area contributed by atoms with E-state index in [0.717, 1.165) is 11.6 Å². The summed E-state index contributed by atoms with van der Waals surface area (Å²) in [4.78, 5) is 10.9. The van der Waals surface area contributed by atoms with E-state index in [-0.39, 0.29) is 13.1 Å². The molecule has 5 nitrogen and oxygen atoms in total. The van der Waals surface area contributed by atoms with E-state index in [9.17, 15) is 18.7 Å². The standard InChI is InChI=1S/C18H20F2N2O3/c19-14-6-13(7-15(20)9-14)10-21-11-17(23)16(22-18(24)25)8-12-4-2-1-3-5-12/h1-7,9,16-17,21-23H,8,10-11H2,(H,24,25)/t16-,17+/m0/s1. The quantitative estimate of drug-likeness (QED) is 0.589. The van der Waals surface area contributed by atoms with Crippen LogP contribution in [0.2, 0.25) is 0 Å². The van der Waals surface area contributed by atoms with Crippen LogP contribution in [0, 0.1) is 11.6 Å². The number of hydrogen-bond acceptors (Lipinski definition) is 3. The minimum atomic E-state index is -1.23. The van der Waals surface area contributed by atoms with Crippen LogP contribution in [0.15, 0.2) is 48.5 Å². The van der Waals surface area contributed by atoms with Gasteiger partial charge >= 0.3 is 6.09 Å². The number of benzene rings is 2. The van der Waals surface area contributed by atoms with E-state index in [2.05, 4.69) is 10.6 Å². The molecule has 7 heteroatoms. The molecule has 4 N–H and O–H groups in total. The lowest BCUT2D eigenvalue weighted by Gasteiger charge is -2.23. The fourth-order valence-corrected chi connectivity index (χ4v) is 2.53. The fraction of sp³-hybridized carbons (Fsp3) is 0.278. The first-order valence-corrected chi connectivity index (χ1v) is 7.81. The van der Waals surface area contributed by atoms with Crippen molar-refractivity contribution in [3.05, 3.63) is 71.3 Å². The second kappa shape index (κ2) is 9.10. The van der Waals surface area contributed by atoms with Crippen molar-refractivity contribution >= 4 is 6.09 Å². The highest BCUT2D eigenvalue weighted by atomic mass is 19.1. The number of amides is 1. The molecular formula is C18H20F2N2O3. The van der Waals surface area contributed by atoms with Crippen LogP contribution in [0.1, 0.15) is 11.1 Å². The lowest BCUT2D eigenvalue weighted by atomic mass is 10.0. The molecule has 0 aliphatic rings. The highest BCUT2D eigenvalue weighted by Crippen LogP contribution is 2.09. The highest BCUT2D eigenvalue weighted by Gasteiger charge is 2.21. The topological polar surface area (TPSA) is 81.6 Å². The van der Waals surface area contributed by atoms with Crippen LogP contribution in [-0.2, 0) is 13.0 Å². The molecule has 0 unspecified atom stereocenters. The maximum Gasteiger partial charge on any atom is 0.404 e. The van der Waals surface area contributed by atoms with Gasteiger partial charge in [-0.1, -0.05) is 30.3 Å². The van der Waals surface area contributed by atoms with E-state index in [4.69, 9.17) is 5.11 Å². The number of carbonyl (C=O) groups is 1. The van der Waals surface area contributed by atoms with Crippen LogP contribution < -0.4 is 10.6 Å². The largest absolute Gasteiger partial charge is 0.465 e. The van der Waals surface area contributed by atoms with Gasteiger partial charge in [-0.05, 0) is 29.7 Å². The van der Waals surface area contributed by atoms with E-state index >= 15 is 0 Å². The van der Waals surface area contributed by atoms with Gasteiger partial charge in [-0.25, -0.2) is 13.6 Å². The van der Waals surface area contributed by atoms with Crippen LogP contribution in [0.3, 0.4) is 0 Å². The Morgan fingerprint density at radius 2 is 1.68 bits per heavy atom. The number of nitrogens with one attached hydrogen (secondary N) is 2. The smallest absolute Gasteiger partial charge is 0.404 e. The third kappa shape index (κ3) is 6.48. The Balaban J connectivity index is 1.92. The number of aliphatic hydroxyl groups is 1. The summed E-state index contributed by atoms with van der Waals surface area (Å²) in [5.41, 5.74) is 1.28. The average molecular weight is 350 g/mol. The number of rotatable bonds is 8. The Morgan fingerprint density at radius 1 is 1.04 bits per heavy atom. The molecule has 0 aromatic heterocycles. The summed E-state index contributed by atoms with van der Waals surface area (Å²) in [6.07, 6.45) is -1.91. The first kappa shape index (κ1) is 18.8. The molecule has 0 spiro atoms. The molecule has 0 fully saturated rings. The molecule has 1 amide bonds. The molecule has 2 aromatic rings. The SMILES string of the molecule is O=C(O)N[C@@H](Cc1ccccc1)[C@H](O)CNCc1cc(F)cc(F)c1. The molecule has 2 aromatic carbocycles. The fourth-order valence-electron chi connectivity index (χ4n) is 2.53. The van der Waals surface area contributed by atoms with E-state index in [1.54, 1.807) is 0 Å². The number of halogens is 2. The number of hydrogen-bond donors (Lipinski definition) is 4. The molecule has 0 saturated carbocycles. The number of carboxylic acid groups (broad SMARTS) is 1. The van der Waals surface area contributed by atoms with Gasteiger partial charge in [0.25, 0.3) is 0 Å². The van der Waals surface area contributed by atoms with Gasteiger partial charge < -0.3 is 20.8 Å². The van der Waals surface area contributed by atoms with Crippen molar-refractivity contribution in [3.8, 4) is 0 Å². The third-order valence-corrected chi connectivity index (χ3v) is 3.68. The lowest BCUT2D eigenvalue weighted by Crippen LogP contribution is -2.48. The maximum atomic E-state index is 13.1. The molecule has 0 heterocycles. The molecule has 25 heavy (non-hydrogen) atoms. The van der Waals surface area contributed by atoms with Crippen molar-refractivity contribution < 1.29 is 23.8 Å². The van der Waals surface area contributed by atoms with Crippen LogP contribution >= 0.6 is 0 Å². The molecule has 0 aliphatic carbocycles. The van der Waals surface area contributed by atoms with Crippen molar-refractivity contribution in [2.45, 2.75) is 25.1 Å². The Kier molecular flexibility index (Phi) is 6.85. The van der Waals surface area contributed by atoms with E-state index in [1.165, 1.54) is 12.1 Å². The van der Waals surface area contributed by atoms with Crippen molar-refractivity contribution in [1.82, 2.24) is 10.6 Å². The Bertz CT molecular complexity index is 678. The molecule has 0 radical (unpaired) electrons. The van der Waals surface area contributed by atoms with Gasteiger partial charge in [0, 0.05) is 19.2 Å². The zero-order valence-electron chi connectivity index (χ0n) is 13.5.